The number of ether oxygens (including phenoxy) is 1. The molecule has 3 heterocycles. The van der Waals surface area contributed by atoms with Gasteiger partial charge in [0.15, 0.2) is 6.61 Å². The molecule has 0 bridgehead atoms. The fraction of sp³-hybridized carbons (Fsp3) is 0.241. The predicted octanol–water partition coefficient (Wildman–Crippen LogP) is 4.57. The Morgan fingerprint density at radius 2 is 1.64 bits per heavy atom. The van der Waals surface area contributed by atoms with Gasteiger partial charge in [-0.3, -0.25) is 9.78 Å². The molecule has 36 heavy (non-hydrogen) atoms. The molecule has 4 aromatic rings. The second-order valence-electron chi connectivity index (χ2n) is 9.00. The fourth-order valence-electron chi connectivity index (χ4n) is 4.58. The number of piperidine rings is 1. The summed E-state index contributed by atoms with van der Waals surface area (Å²) in [6, 6.07) is 23.6. The van der Waals surface area contributed by atoms with E-state index in [4.69, 9.17) is 4.74 Å². The summed E-state index contributed by atoms with van der Waals surface area (Å²) in [5, 5.41) is 4.61. The van der Waals surface area contributed by atoms with Gasteiger partial charge in [0.25, 0.3) is 5.91 Å². The minimum Gasteiger partial charge on any atom is -0.452 e. The molecule has 2 aromatic heterocycles. The predicted molar refractivity (Wildman–Crippen MR) is 137 cm³/mol. The van der Waals surface area contributed by atoms with Crippen LogP contribution < -0.4 is 0 Å². The maximum absolute atomic E-state index is 13.1. The van der Waals surface area contributed by atoms with Crippen LogP contribution in [0, 0.1) is 5.92 Å². The lowest BCUT2D eigenvalue weighted by Gasteiger charge is -2.32. The maximum Gasteiger partial charge on any atom is 0.342 e. The summed E-state index contributed by atoms with van der Waals surface area (Å²) in [5.41, 5.74) is 3.60. The first-order chi connectivity index (χ1) is 17.7. The summed E-state index contributed by atoms with van der Waals surface area (Å²) >= 11 is 0. The van der Waals surface area contributed by atoms with E-state index < -0.39 is 5.97 Å². The molecule has 1 fully saturated rings. The summed E-state index contributed by atoms with van der Waals surface area (Å²) < 4.78 is 7.11. The van der Waals surface area contributed by atoms with Crippen molar-refractivity contribution < 1.29 is 14.3 Å². The van der Waals surface area contributed by atoms with Crippen LogP contribution in [0.4, 0.5) is 0 Å². The summed E-state index contributed by atoms with van der Waals surface area (Å²) in [6.45, 7) is 1.08. The van der Waals surface area contributed by atoms with Gasteiger partial charge in [-0.1, -0.05) is 48.5 Å². The molecule has 2 aromatic carbocycles. The van der Waals surface area contributed by atoms with E-state index in [2.05, 4.69) is 34.3 Å². The first-order valence-corrected chi connectivity index (χ1v) is 12.2. The number of aromatic nitrogens is 3. The lowest BCUT2D eigenvalue weighted by atomic mass is 9.90. The third-order valence-electron chi connectivity index (χ3n) is 6.55. The SMILES string of the molecule is O=C(OCC(=O)N1CCC(Cc2ccccc2)CC1)c1cn(-c2ccccc2)nc1-c1cccnc1. The van der Waals surface area contributed by atoms with Gasteiger partial charge in [-0.25, -0.2) is 9.48 Å². The van der Waals surface area contributed by atoms with Crippen LogP contribution in [0.2, 0.25) is 0 Å². The van der Waals surface area contributed by atoms with Crippen LogP contribution in [-0.4, -0.2) is 51.2 Å². The molecule has 1 saturated heterocycles. The Balaban J connectivity index is 1.22. The quantitative estimate of drug-likeness (QED) is 0.362. The Morgan fingerprint density at radius 1 is 0.917 bits per heavy atom. The van der Waals surface area contributed by atoms with Gasteiger partial charge in [0, 0.05) is 37.2 Å². The maximum atomic E-state index is 13.1. The third kappa shape index (κ3) is 5.51. The molecule has 5 rings (SSSR count). The van der Waals surface area contributed by atoms with Crippen LogP contribution in [0.3, 0.4) is 0 Å². The Kier molecular flexibility index (Phi) is 7.17. The molecule has 1 aliphatic rings. The van der Waals surface area contributed by atoms with Crippen molar-refractivity contribution in [1.82, 2.24) is 19.7 Å². The van der Waals surface area contributed by atoms with Crippen molar-refractivity contribution in [2.45, 2.75) is 19.3 Å². The number of pyridine rings is 1. The van der Waals surface area contributed by atoms with Crippen molar-refractivity contribution in [2.75, 3.05) is 19.7 Å². The van der Waals surface area contributed by atoms with Crippen LogP contribution in [0.5, 0.6) is 0 Å². The second kappa shape index (κ2) is 11.0. The number of benzene rings is 2. The third-order valence-corrected chi connectivity index (χ3v) is 6.55. The number of nitrogens with zero attached hydrogens (tertiary/aromatic N) is 4. The van der Waals surface area contributed by atoms with Crippen molar-refractivity contribution in [3.63, 3.8) is 0 Å². The summed E-state index contributed by atoms with van der Waals surface area (Å²) in [4.78, 5) is 31.8. The van der Waals surface area contributed by atoms with Crippen LogP contribution in [0.25, 0.3) is 16.9 Å². The van der Waals surface area contributed by atoms with Gasteiger partial charge in [-0.15, -0.1) is 0 Å². The second-order valence-corrected chi connectivity index (χ2v) is 9.00. The lowest BCUT2D eigenvalue weighted by molar-refractivity contribution is -0.135. The summed E-state index contributed by atoms with van der Waals surface area (Å²) in [6.07, 6.45) is 7.88. The first-order valence-electron chi connectivity index (χ1n) is 12.2. The smallest absolute Gasteiger partial charge is 0.342 e. The van der Waals surface area contributed by atoms with E-state index in [0.717, 1.165) is 24.9 Å². The molecular formula is C29H28N4O3. The Hall–Kier alpha value is -4.26. The normalized spacial score (nSPS) is 13.9. The van der Waals surface area contributed by atoms with Crippen molar-refractivity contribution in [1.29, 1.82) is 0 Å². The van der Waals surface area contributed by atoms with E-state index in [9.17, 15) is 9.59 Å². The van der Waals surface area contributed by atoms with Crippen molar-refractivity contribution >= 4 is 11.9 Å². The lowest BCUT2D eigenvalue weighted by Crippen LogP contribution is -2.41. The number of carbonyl (C=O) groups is 2. The van der Waals surface area contributed by atoms with Crippen LogP contribution >= 0.6 is 0 Å². The Labute approximate surface area is 210 Å². The molecule has 0 saturated carbocycles. The Bertz CT molecular complexity index is 1300. The van der Waals surface area contributed by atoms with Crippen molar-refractivity contribution in [2.24, 2.45) is 5.92 Å². The molecular weight excluding hydrogens is 452 g/mol. The number of carbonyl (C=O) groups excluding carboxylic acids is 2. The number of likely N-dealkylation sites (tertiary alicyclic amines) is 1. The van der Waals surface area contributed by atoms with E-state index in [1.54, 1.807) is 34.2 Å². The van der Waals surface area contributed by atoms with Crippen LogP contribution in [-0.2, 0) is 16.0 Å². The number of hydrogen-bond acceptors (Lipinski definition) is 5. The molecule has 182 valence electrons. The Morgan fingerprint density at radius 3 is 2.33 bits per heavy atom. The zero-order valence-corrected chi connectivity index (χ0v) is 20.0. The average molecular weight is 481 g/mol. The van der Waals surface area contributed by atoms with E-state index in [1.165, 1.54) is 5.56 Å². The monoisotopic (exact) mass is 480 g/mol. The van der Waals surface area contributed by atoms with Crippen molar-refractivity contribution in [3.05, 3.63) is 103 Å². The topological polar surface area (TPSA) is 77.3 Å². The number of rotatable bonds is 7. The number of para-hydroxylation sites is 1. The fourth-order valence-corrected chi connectivity index (χ4v) is 4.58. The van der Waals surface area contributed by atoms with Gasteiger partial charge in [0.2, 0.25) is 0 Å². The molecule has 1 amide bonds. The molecule has 0 aliphatic carbocycles. The minimum absolute atomic E-state index is 0.167. The highest BCUT2D eigenvalue weighted by molar-refractivity contribution is 5.97. The van der Waals surface area contributed by atoms with E-state index in [-0.39, 0.29) is 12.5 Å². The van der Waals surface area contributed by atoms with Gasteiger partial charge in [0.1, 0.15) is 11.3 Å². The van der Waals surface area contributed by atoms with Crippen LogP contribution in [0.1, 0.15) is 28.8 Å². The highest BCUT2D eigenvalue weighted by Gasteiger charge is 2.25. The molecule has 7 heteroatoms. The molecule has 0 N–H and O–H groups in total. The molecule has 0 radical (unpaired) electrons. The van der Waals surface area contributed by atoms with E-state index in [1.807, 2.05) is 42.5 Å². The van der Waals surface area contributed by atoms with E-state index >= 15 is 0 Å². The summed E-state index contributed by atoms with van der Waals surface area (Å²) in [5.74, 6) is -0.187. The van der Waals surface area contributed by atoms with Gasteiger partial charge in [-0.05, 0) is 55.0 Å². The molecule has 0 atom stereocenters. The molecule has 0 spiro atoms. The molecule has 1 aliphatic heterocycles. The number of amides is 1. The highest BCUT2D eigenvalue weighted by Crippen LogP contribution is 2.25. The highest BCUT2D eigenvalue weighted by atomic mass is 16.5. The standard InChI is InChI=1S/C29H28N4O3/c34-27(32-16-13-23(14-17-32)18-22-8-3-1-4-9-22)21-36-29(35)26-20-33(25-11-5-2-6-12-25)31-28(26)24-10-7-15-30-19-24/h1-12,15,19-20,23H,13-14,16-18,21H2. The van der Waals surface area contributed by atoms with Gasteiger partial charge in [0.05, 0.1) is 5.69 Å². The van der Waals surface area contributed by atoms with Crippen molar-refractivity contribution in [3.8, 4) is 16.9 Å². The van der Waals surface area contributed by atoms with Gasteiger partial charge < -0.3 is 9.64 Å². The minimum atomic E-state index is -0.580. The molecule has 7 nitrogen and oxygen atoms in total. The van der Waals surface area contributed by atoms with Crippen LogP contribution in [0.15, 0.2) is 91.4 Å². The summed E-state index contributed by atoms with van der Waals surface area (Å²) in [7, 11) is 0. The number of hydrogen-bond donors (Lipinski definition) is 0. The van der Waals surface area contributed by atoms with Gasteiger partial charge in [-0.2, -0.15) is 5.10 Å². The van der Waals surface area contributed by atoms with E-state index in [0.29, 0.717) is 35.8 Å². The number of esters is 1. The average Bonchev–Trinajstić information content (AvgIpc) is 3.39. The largest absolute Gasteiger partial charge is 0.452 e. The van der Waals surface area contributed by atoms with Gasteiger partial charge >= 0.3 is 5.97 Å². The molecule has 0 unspecified atom stereocenters. The zero-order valence-electron chi connectivity index (χ0n) is 20.0. The first kappa shape index (κ1) is 23.5. The zero-order chi connectivity index (χ0) is 24.7.